The van der Waals surface area contributed by atoms with E-state index in [-0.39, 0.29) is 11.4 Å². The summed E-state index contributed by atoms with van der Waals surface area (Å²) < 4.78 is 0. The molecular weight excluding hydrogens is 322 g/mol. The predicted molar refractivity (Wildman–Crippen MR) is 99.2 cm³/mol. The molecule has 1 atom stereocenters. The van der Waals surface area contributed by atoms with E-state index < -0.39 is 6.04 Å². The molecule has 1 N–H and O–H groups in total. The Morgan fingerprint density at radius 1 is 1.12 bits per heavy atom. The molecule has 0 saturated heterocycles. The van der Waals surface area contributed by atoms with E-state index >= 15 is 0 Å². The normalized spacial score (nSPS) is 16.7. The average molecular weight is 342 g/mol. The lowest BCUT2D eigenvalue weighted by Crippen LogP contribution is -2.48. The zero-order chi connectivity index (χ0) is 17.3. The van der Waals surface area contributed by atoms with Crippen molar-refractivity contribution in [3.63, 3.8) is 0 Å². The number of hydrogen-bond donors (Lipinski definition) is 1. The number of aliphatic imine (C=N–C) groups is 1. The van der Waals surface area contributed by atoms with Crippen LogP contribution in [0.1, 0.15) is 32.4 Å². The third-order valence-electron chi connectivity index (χ3n) is 3.70. The lowest BCUT2D eigenvalue weighted by atomic mass is 9.99. The maximum atomic E-state index is 13.0. The van der Waals surface area contributed by atoms with Gasteiger partial charge in [-0.25, -0.2) is 4.99 Å². The Bertz CT molecular complexity index is 778. The number of anilines is 1. The first-order valence-electron chi connectivity index (χ1n) is 7.84. The van der Waals surface area contributed by atoms with Gasteiger partial charge in [-0.1, -0.05) is 29.8 Å². The van der Waals surface area contributed by atoms with Crippen LogP contribution in [-0.2, 0) is 4.79 Å². The molecular formula is C19H20ClN3O. The van der Waals surface area contributed by atoms with E-state index in [1.54, 1.807) is 6.34 Å². The van der Waals surface area contributed by atoms with Crippen molar-refractivity contribution >= 4 is 35.2 Å². The molecule has 0 fully saturated rings. The summed E-state index contributed by atoms with van der Waals surface area (Å²) in [5, 5.41) is 3.73. The fraction of sp³-hybridized carbons (Fsp3) is 0.263. The number of carbonyl (C=O) groups is 1. The summed E-state index contributed by atoms with van der Waals surface area (Å²) in [5.41, 5.74) is 2.26. The number of nitrogens with zero attached hydrogens (tertiary/aromatic N) is 2. The molecule has 0 aliphatic carbocycles. The molecule has 3 rings (SSSR count). The van der Waals surface area contributed by atoms with Gasteiger partial charge in [0.2, 0.25) is 5.91 Å². The summed E-state index contributed by atoms with van der Waals surface area (Å²) in [5.74, 6) is -0.0592. The van der Waals surface area contributed by atoms with E-state index in [2.05, 4.69) is 10.3 Å². The van der Waals surface area contributed by atoms with E-state index in [1.807, 2.05) is 74.2 Å². The lowest BCUT2D eigenvalue weighted by Gasteiger charge is -2.35. The highest BCUT2D eigenvalue weighted by Crippen LogP contribution is 2.36. The monoisotopic (exact) mass is 341 g/mol. The van der Waals surface area contributed by atoms with Crippen molar-refractivity contribution in [2.75, 3.05) is 4.90 Å². The smallest absolute Gasteiger partial charge is 0.248 e. The molecule has 1 aliphatic rings. The molecule has 1 unspecified atom stereocenters. The number of hydrogen-bond acceptors (Lipinski definition) is 3. The van der Waals surface area contributed by atoms with Gasteiger partial charge in [-0.3, -0.25) is 4.79 Å². The van der Waals surface area contributed by atoms with Crippen LogP contribution < -0.4 is 10.2 Å². The van der Waals surface area contributed by atoms with Crippen LogP contribution in [0.25, 0.3) is 0 Å². The van der Waals surface area contributed by atoms with Gasteiger partial charge >= 0.3 is 0 Å². The van der Waals surface area contributed by atoms with Gasteiger partial charge in [0.05, 0.1) is 12.0 Å². The molecule has 2 aromatic carbocycles. The maximum absolute atomic E-state index is 13.0. The van der Waals surface area contributed by atoms with Crippen LogP contribution in [0.3, 0.4) is 0 Å². The van der Waals surface area contributed by atoms with E-state index in [0.29, 0.717) is 5.02 Å². The van der Waals surface area contributed by atoms with Crippen LogP contribution in [-0.4, -0.2) is 17.8 Å². The number of rotatable bonds is 2. The molecule has 1 amide bonds. The molecule has 0 radical (unpaired) electrons. The molecule has 4 nitrogen and oxygen atoms in total. The highest BCUT2D eigenvalue weighted by molar-refractivity contribution is 6.30. The lowest BCUT2D eigenvalue weighted by molar-refractivity contribution is -0.123. The van der Waals surface area contributed by atoms with Crippen molar-refractivity contribution in [3.8, 4) is 0 Å². The topological polar surface area (TPSA) is 44.7 Å². The summed E-state index contributed by atoms with van der Waals surface area (Å²) in [7, 11) is 0. The first kappa shape index (κ1) is 16.5. The van der Waals surface area contributed by atoms with Gasteiger partial charge < -0.3 is 10.2 Å². The summed E-state index contributed by atoms with van der Waals surface area (Å²) in [6.45, 7) is 5.92. The summed E-state index contributed by atoms with van der Waals surface area (Å²) in [4.78, 5) is 19.4. The quantitative estimate of drug-likeness (QED) is 0.875. The number of para-hydroxylation sites is 1. The fourth-order valence-corrected chi connectivity index (χ4v) is 2.84. The van der Waals surface area contributed by atoms with Crippen molar-refractivity contribution in [3.05, 3.63) is 59.1 Å². The molecule has 0 spiro atoms. The van der Waals surface area contributed by atoms with Crippen molar-refractivity contribution in [2.45, 2.75) is 32.4 Å². The Morgan fingerprint density at radius 2 is 1.79 bits per heavy atom. The van der Waals surface area contributed by atoms with Crippen molar-refractivity contribution in [1.29, 1.82) is 0 Å². The number of amides is 1. The first-order valence-corrected chi connectivity index (χ1v) is 8.22. The van der Waals surface area contributed by atoms with Gasteiger partial charge in [0, 0.05) is 21.8 Å². The zero-order valence-electron chi connectivity index (χ0n) is 14.0. The molecule has 1 aliphatic heterocycles. The number of halogens is 1. The van der Waals surface area contributed by atoms with Gasteiger partial charge in [0.1, 0.15) is 6.04 Å². The first-order chi connectivity index (χ1) is 11.3. The predicted octanol–water partition coefficient (Wildman–Crippen LogP) is 4.48. The van der Waals surface area contributed by atoms with Crippen LogP contribution in [0.2, 0.25) is 5.02 Å². The van der Waals surface area contributed by atoms with Gasteiger partial charge in [-0.2, -0.15) is 0 Å². The Hall–Kier alpha value is -2.33. The van der Waals surface area contributed by atoms with E-state index in [4.69, 9.17) is 11.6 Å². The number of nitrogens with one attached hydrogen (secondary N) is 1. The average Bonchev–Trinajstić information content (AvgIpc) is 2.53. The second kappa shape index (κ2) is 6.29. The SMILES string of the molecule is CC(C)(C)NC(=O)C1c2ccccc2N=CN1c1ccc(Cl)cc1. The van der Waals surface area contributed by atoms with E-state index in [1.165, 1.54) is 0 Å². The third kappa shape index (κ3) is 3.44. The molecule has 0 saturated carbocycles. The van der Waals surface area contributed by atoms with E-state index in [9.17, 15) is 4.79 Å². The van der Waals surface area contributed by atoms with Crippen LogP contribution in [0.4, 0.5) is 11.4 Å². The fourth-order valence-electron chi connectivity index (χ4n) is 2.71. The highest BCUT2D eigenvalue weighted by atomic mass is 35.5. The number of benzene rings is 2. The van der Waals surface area contributed by atoms with Gasteiger partial charge in [0.15, 0.2) is 0 Å². The second-order valence-electron chi connectivity index (χ2n) is 6.83. The minimum atomic E-state index is -0.473. The molecule has 24 heavy (non-hydrogen) atoms. The molecule has 0 bridgehead atoms. The summed E-state index contributed by atoms with van der Waals surface area (Å²) in [6, 6.07) is 14.6. The molecule has 124 valence electrons. The Morgan fingerprint density at radius 3 is 2.46 bits per heavy atom. The van der Waals surface area contributed by atoms with Crippen LogP contribution in [0, 0.1) is 0 Å². The Kier molecular flexibility index (Phi) is 4.33. The third-order valence-corrected chi connectivity index (χ3v) is 3.95. The van der Waals surface area contributed by atoms with Gasteiger partial charge in [0.25, 0.3) is 0 Å². The number of fused-ring (bicyclic) bond motifs is 1. The molecule has 0 aromatic heterocycles. The molecule has 5 heteroatoms. The minimum Gasteiger partial charge on any atom is -0.349 e. The second-order valence-corrected chi connectivity index (χ2v) is 7.27. The van der Waals surface area contributed by atoms with Crippen molar-refractivity contribution in [2.24, 2.45) is 4.99 Å². The Labute approximate surface area is 147 Å². The molecule has 1 heterocycles. The van der Waals surface area contributed by atoms with Crippen molar-refractivity contribution < 1.29 is 4.79 Å². The zero-order valence-corrected chi connectivity index (χ0v) is 14.7. The Balaban J connectivity index is 2.04. The van der Waals surface area contributed by atoms with Crippen LogP contribution in [0.15, 0.2) is 53.5 Å². The molecule has 2 aromatic rings. The van der Waals surface area contributed by atoms with Gasteiger partial charge in [-0.05, 0) is 51.1 Å². The largest absolute Gasteiger partial charge is 0.349 e. The summed E-state index contributed by atoms with van der Waals surface area (Å²) >= 11 is 5.99. The number of carbonyl (C=O) groups excluding carboxylic acids is 1. The maximum Gasteiger partial charge on any atom is 0.248 e. The van der Waals surface area contributed by atoms with Crippen LogP contribution in [0.5, 0.6) is 0 Å². The van der Waals surface area contributed by atoms with Gasteiger partial charge in [-0.15, -0.1) is 0 Å². The summed E-state index contributed by atoms with van der Waals surface area (Å²) in [6.07, 6.45) is 1.71. The van der Waals surface area contributed by atoms with Crippen LogP contribution >= 0.6 is 11.6 Å². The minimum absolute atomic E-state index is 0.0592. The highest BCUT2D eigenvalue weighted by Gasteiger charge is 2.33. The van der Waals surface area contributed by atoms with E-state index in [0.717, 1.165) is 16.9 Å². The van der Waals surface area contributed by atoms with Crippen molar-refractivity contribution in [1.82, 2.24) is 5.32 Å². The standard InChI is InChI=1S/C19H20ClN3O/c1-19(2,3)22-18(24)17-15-6-4-5-7-16(15)21-12-23(17)14-10-8-13(20)9-11-14/h4-12,17H,1-3H3,(H,22,24).